The fraction of sp³-hybridized carbons (Fsp3) is 0.955. The SMILES string of the molecule is CCCCC12CCC([C@H]3CC[C@@](C#N)(CCC)CC3)(CC1)CC2. The number of unbranched alkanes of at least 4 members (excludes halogenated alkanes) is 1. The summed E-state index contributed by atoms with van der Waals surface area (Å²) >= 11 is 0. The Balaban J connectivity index is 1.59. The highest BCUT2D eigenvalue weighted by atomic mass is 14.6. The van der Waals surface area contributed by atoms with Crippen LogP contribution in [0.4, 0.5) is 0 Å². The Bertz CT molecular complexity index is 411. The minimum absolute atomic E-state index is 0.0378. The van der Waals surface area contributed by atoms with E-state index in [1.54, 1.807) is 0 Å². The molecule has 0 aromatic rings. The number of nitriles is 1. The molecule has 0 aromatic carbocycles. The van der Waals surface area contributed by atoms with Crippen LogP contribution in [0.15, 0.2) is 0 Å². The van der Waals surface area contributed by atoms with Crippen LogP contribution < -0.4 is 0 Å². The molecule has 0 aromatic heterocycles. The molecule has 0 amide bonds. The van der Waals surface area contributed by atoms with Gasteiger partial charge >= 0.3 is 0 Å². The highest BCUT2D eigenvalue weighted by Gasteiger charge is 2.52. The van der Waals surface area contributed by atoms with Gasteiger partial charge in [0.2, 0.25) is 0 Å². The molecule has 1 nitrogen and oxygen atoms in total. The summed E-state index contributed by atoms with van der Waals surface area (Å²) in [6.45, 7) is 4.58. The van der Waals surface area contributed by atoms with Crippen LogP contribution in [0.1, 0.15) is 110 Å². The lowest BCUT2D eigenvalue weighted by Crippen LogP contribution is -2.47. The van der Waals surface area contributed by atoms with E-state index in [1.165, 1.54) is 89.9 Å². The van der Waals surface area contributed by atoms with E-state index in [1.807, 2.05) is 0 Å². The molecule has 0 radical (unpaired) electrons. The van der Waals surface area contributed by atoms with Crippen LogP contribution >= 0.6 is 0 Å². The predicted molar refractivity (Wildman–Crippen MR) is 97.0 cm³/mol. The lowest BCUT2D eigenvalue weighted by atomic mass is 9.47. The van der Waals surface area contributed by atoms with Crippen LogP contribution in [0.2, 0.25) is 0 Å². The quantitative estimate of drug-likeness (QED) is 0.516. The molecule has 0 atom stereocenters. The van der Waals surface area contributed by atoms with Gasteiger partial charge < -0.3 is 0 Å². The summed E-state index contributed by atoms with van der Waals surface area (Å²) in [7, 11) is 0. The summed E-state index contributed by atoms with van der Waals surface area (Å²) in [6.07, 6.45) is 20.7. The second-order valence-electron chi connectivity index (χ2n) is 9.38. The molecular formula is C22H37N. The molecule has 0 N–H and O–H groups in total. The van der Waals surface area contributed by atoms with Gasteiger partial charge in [0.1, 0.15) is 0 Å². The summed E-state index contributed by atoms with van der Waals surface area (Å²) < 4.78 is 0. The van der Waals surface area contributed by atoms with Crippen molar-refractivity contribution in [3.05, 3.63) is 0 Å². The Labute approximate surface area is 144 Å². The van der Waals surface area contributed by atoms with Crippen molar-refractivity contribution in [3.8, 4) is 6.07 Å². The molecule has 4 fully saturated rings. The molecular weight excluding hydrogens is 278 g/mol. The van der Waals surface area contributed by atoms with E-state index < -0.39 is 0 Å². The van der Waals surface area contributed by atoms with Crippen molar-refractivity contribution >= 4 is 0 Å². The van der Waals surface area contributed by atoms with Gasteiger partial charge in [0.05, 0.1) is 11.5 Å². The molecule has 23 heavy (non-hydrogen) atoms. The summed E-state index contributed by atoms with van der Waals surface area (Å²) in [5.74, 6) is 0.935. The Morgan fingerprint density at radius 2 is 1.43 bits per heavy atom. The Morgan fingerprint density at radius 1 is 0.826 bits per heavy atom. The molecule has 130 valence electrons. The Hall–Kier alpha value is -0.510. The van der Waals surface area contributed by atoms with E-state index in [0.717, 1.165) is 17.8 Å². The molecule has 4 saturated carbocycles. The molecule has 0 spiro atoms. The molecule has 4 aliphatic rings. The molecule has 0 heterocycles. The van der Waals surface area contributed by atoms with Gasteiger partial charge in [-0.3, -0.25) is 0 Å². The standard InChI is InChI=1S/C22H37N/c1-3-5-9-20-12-15-22(16-13-20,17-14-20)19-6-10-21(18-23,8-4-2)11-7-19/h19H,3-17H2,1-2H3/t19-,20?,21-,22?. The van der Waals surface area contributed by atoms with Crippen molar-refractivity contribution in [1.82, 2.24) is 0 Å². The first-order valence-corrected chi connectivity index (χ1v) is 10.5. The zero-order valence-electron chi connectivity index (χ0n) is 15.6. The molecule has 1 heteroatoms. The van der Waals surface area contributed by atoms with Gasteiger partial charge in [0.25, 0.3) is 0 Å². The second-order valence-corrected chi connectivity index (χ2v) is 9.38. The van der Waals surface area contributed by atoms with Crippen LogP contribution in [-0.2, 0) is 0 Å². The normalized spacial score (nSPS) is 43.3. The van der Waals surface area contributed by atoms with Crippen LogP contribution in [0.5, 0.6) is 0 Å². The minimum atomic E-state index is 0.0378. The lowest BCUT2D eigenvalue weighted by Gasteiger charge is -2.58. The van der Waals surface area contributed by atoms with Gasteiger partial charge in [-0.25, -0.2) is 0 Å². The molecule has 0 unspecified atom stereocenters. The molecule has 4 rings (SSSR count). The highest BCUT2D eigenvalue weighted by molar-refractivity contribution is 5.07. The highest BCUT2D eigenvalue weighted by Crippen LogP contribution is 2.64. The molecule has 4 aliphatic carbocycles. The van der Waals surface area contributed by atoms with Gasteiger partial charge in [-0.05, 0) is 93.8 Å². The van der Waals surface area contributed by atoms with E-state index in [4.69, 9.17) is 0 Å². The van der Waals surface area contributed by atoms with E-state index in [9.17, 15) is 5.26 Å². The first-order valence-electron chi connectivity index (χ1n) is 10.5. The number of hydrogen-bond acceptors (Lipinski definition) is 1. The van der Waals surface area contributed by atoms with Gasteiger partial charge in [0.15, 0.2) is 0 Å². The van der Waals surface area contributed by atoms with Gasteiger partial charge in [-0.2, -0.15) is 5.26 Å². The Morgan fingerprint density at radius 3 is 1.91 bits per heavy atom. The third kappa shape index (κ3) is 3.20. The van der Waals surface area contributed by atoms with Gasteiger partial charge in [0, 0.05) is 0 Å². The first kappa shape index (κ1) is 17.3. The maximum atomic E-state index is 9.66. The first-order chi connectivity index (χ1) is 11.1. The smallest absolute Gasteiger partial charge is 0.0689 e. The summed E-state index contributed by atoms with van der Waals surface area (Å²) in [5.41, 5.74) is 1.46. The zero-order valence-corrected chi connectivity index (χ0v) is 15.6. The van der Waals surface area contributed by atoms with Gasteiger partial charge in [-0.15, -0.1) is 0 Å². The van der Waals surface area contributed by atoms with E-state index >= 15 is 0 Å². The predicted octanol–water partition coefficient (Wildman–Crippen LogP) is 7.02. The summed E-state index contributed by atoms with van der Waals surface area (Å²) in [4.78, 5) is 0. The van der Waals surface area contributed by atoms with Crippen molar-refractivity contribution in [3.63, 3.8) is 0 Å². The van der Waals surface area contributed by atoms with Crippen molar-refractivity contribution in [2.45, 2.75) is 110 Å². The molecule has 0 saturated heterocycles. The largest absolute Gasteiger partial charge is 0.198 e. The number of fused-ring (bicyclic) bond motifs is 3. The zero-order chi connectivity index (χ0) is 16.4. The van der Waals surface area contributed by atoms with E-state index in [0.29, 0.717) is 5.41 Å². The fourth-order valence-corrected chi connectivity index (χ4v) is 6.51. The Kier molecular flexibility index (Phi) is 5.10. The molecule has 2 bridgehead atoms. The fourth-order valence-electron chi connectivity index (χ4n) is 6.51. The van der Waals surface area contributed by atoms with Crippen LogP contribution in [0, 0.1) is 33.5 Å². The maximum absolute atomic E-state index is 9.66. The average Bonchev–Trinajstić information content (AvgIpc) is 2.62. The topological polar surface area (TPSA) is 23.8 Å². The van der Waals surface area contributed by atoms with Gasteiger partial charge in [-0.1, -0.05) is 33.1 Å². The number of nitrogens with zero attached hydrogens (tertiary/aromatic N) is 1. The van der Waals surface area contributed by atoms with Crippen molar-refractivity contribution in [1.29, 1.82) is 5.26 Å². The summed E-state index contributed by atoms with van der Waals surface area (Å²) in [5, 5.41) is 9.66. The maximum Gasteiger partial charge on any atom is 0.0689 e. The summed E-state index contributed by atoms with van der Waals surface area (Å²) in [6, 6.07) is 2.71. The monoisotopic (exact) mass is 315 g/mol. The van der Waals surface area contributed by atoms with E-state index in [-0.39, 0.29) is 5.41 Å². The van der Waals surface area contributed by atoms with E-state index in [2.05, 4.69) is 19.9 Å². The average molecular weight is 316 g/mol. The minimum Gasteiger partial charge on any atom is -0.198 e. The number of hydrogen-bond donors (Lipinski definition) is 0. The van der Waals surface area contributed by atoms with Crippen molar-refractivity contribution < 1.29 is 0 Å². The third-order valence-electron chi connectivity index (χ3n) is 8.29. The molecule has 0 aliphatic heterocycles. The van der Waals surface area contributed by atoms with Crippen molar-refractivity contribution in [2.24, 2.45) is 22.2 Å². The third-order valence-corrected chi connectivity index (χ3v) is 8.29. The lowest BCUT2D eigenvalue weighted by molar-refractivity contribution is -0.0688. The van der Waals surface area contributed by atoms with Crippen LogP contribution in [0.25, 0.3) is 0 Å². The van der Waals surface area contributed by atoms with Crippen LogP contribution in [-0.4, -0.2) is 0 Å². The number of rotatable bonds is 6. The second kappa shape index (κ2) is 6.78. The van der Waals surface area contributed by atoms with Crippen LogP contribution in [0.3, 0.4) is 0 Å². The van der Waals surface area contributed by atoms with Crippen molar-refractivity contribution in [2.75, 3.05) is 0 Å².